The molecular formula is C6H9NS2. The first-order valence-corrected chi connectivity index (χ1v) is 4.61. The van der Waals surface area contributed by atoms with Gasteiger partial charge in [-0.2, -0.15) is 0 Å². The number of thiophene rings is 1. The SMILES string of the molecule is CCSc1ccc(N)s1. The van der Waals surface area contributed by atoms with Gasteiger partial charge in [-0.05, 0) is 17.9 Å². The zero-order valence-electron chi connectivity index (χ0n) is 5.26. The van der Waals surface area contributed by atoms with Crippen molar-refractivity contribution in [2.24, 2.45) is 0 Å². The van der Waals surface area contributed by atoms with E-state index in [0.717, 1.165) is 10.8 Å². The molecule has 0 aliphatic rings. The summed E-state index contributed by atoms with van der Waals surface area (Å²) in [7, 11) is 0. The average Bonchev–Trinajstić information content (AvgIpc) is 2.17. The zero-order chi connectivity index (χ0) is 6.69. The Hall–Kier alpha value is -0.150. The van der Waals surface area contributed by atoms with E-state index in [4.69, 9.17) is 5.73 Å². The summed E-state index contributed by atoms with van der Waals surface area (Å²) in [6.45, 7) is 2.14. The minimum Gasteiger partial charge on any atom is -0.391 e. The van der Waals surface area contributed by atoms with E-state index in [1.807, 2.05) is 17.8 Å². The molecule has 0 aliphatic heterocycles. The first kappa shape index (κ1) is 6.96. The van der Waals surface area contributed by atoms with E-state index in [9.17, 15) is 0 Å². The molecule has 1 aromatic rings. The molecule has 0 unspecified atom stereocenters. The van der Waals surface area contributed by atoms with Crippen LogP contribution >= 0.6 is 23.1 Å². The number of anilines is 1. The van der Waals surface area contributed by atoms with Crippen LogP contribution in [0, 0.1) is 0 Å². The summed E-state index contributed by atoms with van der Waals surface area (Å²) in [6.07, 6.45) is 0. The van der Waals surface area contributed by atoms with Crippen LogP contribution in [0.2, 0.25) is 0 Å². The zero-order valence-corrected chi connectivity index (χ0v) is 6.89. The Labute approximate surface area is 63.3 Å². The summed E-state index contributed by atoms with van der Waals surface area (Å²) in [5.41, 5.74) is 5.51. The number of nitrogens with two attached hydrogens (primary N) is 1. The van der Waals surface area contributed by atoms with E-state index in [1.54, 1.807) is 11.3 Å². The predicted octanol–water partition coefficient (Wildman–Crippen LogP) is 2.44. The van der Waals surface area contributed by atoms with Crippen molar-refractivity contribution in [1.29, 1.82) is 0 Å². The first-order chi connectivity index (χ1) is 4.33. The quantitative estimate of drug-likeness (QED) is 0.671. The highest BCUT2D eigenvalue weighted by Crippen LogP contribution is 2.27. The monoisotopic (exact) mass is 159 g/mol. The number of nitrogen functional groups attached to an aromatic ring is 1. The highest BCUT2D eigenvalue weighted by atomic mass is 32.2. The molecule has 1 heterocycles. The van der Waals surface area contributed by atoms with Crippen LogP contribution in [0.1, 0.15) is 6.92 Å². The molecule has 0 bridgehead atoms. The van der Waals surface area contributed by atoms with Crippen molar-refractivity contribution in [3.05, 3.63) is 12.1 Å². The van der Waals surface area contributed by atoms with Gasteiger partial charge in [-0.1, -0.05) is 6.92 Å². The van der Waals surface area contributed by atoms with Crippen LogP contribution in [-0.4, -0.2) is 5.75 Å². The Morgan fingerprint density at radius 2 is 2.44 bits per heavy atom. The molecule has 9 heavy (non-hydrogen) atoms. The molecular weight excluding hydrogens is 150 g/mol. The van der Waals surface area contributed by atoms with Crippen LogP contribution in [0.3, 0.4) is 0 Å². The fourth-order valence-electron chi connectivity index (χ4n) is 0.554. The molecule has 0 atom stereocenters. The van der Waals surface area contributed by atoms with Gasteiger partial charge in [-0.15, -0.1) is 23.1 Å². The molecule has 50 valence electrons. The summed E-state index contributed by atoms with van der Waals surface area (Å²) < 4.78 is 1.31. The molecule has 1 nitrogen and oxygen atoms in total. The van der Waals surface area contributed by atoms with Gasteiger partial charge in [-0.25, -0.2) is 0 Å². The van der Waals surface area contributed by atoms with Crippen molar-refractivity contribution in [3.63, 3.8) is 0 Å². The van der Waals surface area contributed by atoms with Gasteiger partial charge in [0.15, 0.2) is 0 Å². The van der Waals surface area contributed by atoms with E-state index >= 15 is 0 Å². The molecule has 0 fully saturated rings. The molecule has 0 spiro atoms. The lowest BCUT2D eigenvalue weighted by molar-refractivity contribution is 1.51. The molecule has 2 N–H and O–H groups in total. The molecule has 0 aromatic carbocycles. The highest BCUT2D eigenvalue weighted by Gasteiger charge is 1.93. The Kier molecular flexibility index (Phi) is 2.42. The van der Waals surface area contributed by atoms with Crippen molar-refractivity contribution in [2.75, 3.05) is 11.5 Å². The highest BCUT2D eigenvalue weighted by molar-refractivity contribution is 8.01. The van der Waals surface area contributed by atoms with E-state index in [2.05, 4.69) is 13.0 Å². The maximum atomic E-state index is 5.51. The Morgan fingerprint density at radius 3 is 2.89 bits per heavy atom. The van der Waals surface area contributed by atoms with Crippen LogP contribution in [-0.2, 0) is 0 Å². The van der Waals surface area contributed by atoms with Crippen molar-refractivity contribution >= 4 is 28.1 Å². The van der Waals surface area contributed by atoms with Crippen molar-refractivity contribution in [3.8, 4) is 0 Å². The summed E-state index contributed by atoms with van der Waals surface area (Å²) in [4.78, 5) is 0. The summed E-state index contributed by atoms with van der Waals surface area (Å²) in [5.74, 6) is 1.12. The first-order valence-electron chi connectivity index (χ1n) is 2.81. The van der Waals surface area contributed by atoms with Gasteiger partial charge in [0.05, 0.1) is 9.21 Å². The molecule has 1 aromatic heterocycles. The molecule has 0 amide bonds. The van der Waals surface area contributed by atoms with Crippen LogP contribution in [0.4, 0.5) is 5.00 Å². The fraction of sp³-hybridized carbons (Fsp3) is 0.333. The summed E-state index contributed by atoms with van der Waals surface area (Å²) >= 11 is 3.49. The maximum absolute atomic E-state index is 5.51. The standard InChI is InChI=1S/C6H9NS2/c1-2-8-6-4-3-5(7)9-6/h3-4H,2,7H2,1H3. The van der Waals surface area contributed by atoms with Crippen molar-refractivity contribution in [2.45, 2.75) is 11.1 Å². The third kappa shape index (κ3) is 1.91. The molecule has 0 saturated heterocycles. The largest absolute Gasteiger partial charge is 0.391 e. The minimum atomic E-state index is 0.908. The number of rotatable bonds is 2. The third-order valence-corrected chi connectivity index (χ3v) is 2.91. The predicted molar refractivity (Wildman–Crippen MR) is 45.1 cm³/mol. The average molecular weight is 159 g/mol. The van der Waals surface area contributed by atoms with Gasteiger partial charge >= 0.3 is 0 Å². The van der Waals surface area contributed by atoms with Crippen LogP contribution in [0.15, 0.2) is 16.3 Å². The fourth-order valence-corrected chi connectivity index (χ4v) is 2.39. The van der Waals surface area contributed by atoms with Gasteiger partial charge in [0, 0.05) is 0 Å². The van der Waals surface area contributed by atoms with Crippen LogP contribution in [0.25, 0.3) is 0 Å². The van der Waals surface area contributed by atoms with Gasteiger partial charge in [0.2, 0.25) is 0 Å². The van der Waals surface area contributed by atoms with Gasteiger partial charge in [0.25, 0.3) is 0 Å². The van der Waals surface area contributed by atoms with E-state index in [0.29, 0.717) is 0 Å². The second-order valence-corrected chi connectivity index (χ2v) is 4.27. The van der Waals surface area contributed by atoms with E-state index < -0.39 is 0 Å². The van der Waals surface area contributed by atoms with Gasteiger partial charge in [-0.3, -0.25) is 0 Å². The van der Waals surface area contributed by atoms with E-state index in [1.165, 1.54) is 4.21 Å². The topological polar surface area (TPSA) is 26.0 Å². The Balaban J connectivity index is 2.61. The smallest absolute Gasteiger partial charge is 0.0868 e. The molecule has 3 heteroatoms. The lowest BCUT2D eigenvalue weighted by Gasteiger charge is -1.86. The number of hydrogen-bond acceptors (Lipinski definition) is 3. The lowest BCUT2D eigenvalue weighted by Crippen LogP contribution is -1.72. The van der Waals surface area contributed by atoms with Crippen molar-refractivity contribution in [1.82, 2.24) is 0 Å². The summed E-state index contributed by atoms with van der Waals surface area (Å²) in [5, 5.41) is 0.908. The van der Waals surface area contributed by atoms with Gasteiger partial charge < -0.3 is 5.73 Å². The van der Waals surface area contributed by atoms with Crippen molar-refractivity contribution < 1.29 is 0 Å². The van der Waals surface area contributed by atoms with Gasteiger partial charge in [0.1, 0.15) is 0 Å². The van der Waals surface area contributed by atoms with Crippen LogP contribution < -0.4 is 5.73 Å². The Morgan fingerprint density at radius 1 is 1.67 bits per heavy atom. The van der Waals surface area contributed by atoms with Crippen LogP contribution in [0.5, 0.6) is 0 Å². The second-order valence-electron chi connectivity index (χ2n) is 1.59. The molecule has 0 saturated carbocycles. The molecule has 0 radical (unpaired) electrons. The molecule has 0 aliphatic carbocycles. The number of hydrogen-bond donors (Lipinski definition) is 1. The maximum Gasteiger partial charge on any atom is 0.0868 e. The van der Waals surface area contributed by atoms with E-state index in [-0.39, 0.29) is 0 Å². The Bertz CT molecular complexity index is 183. The number of thioether (sulfide) groups is 1. The summed E-state index contributed by atoms with van der Waals surface area (Å²) in [6, 6.07) is 4.01. The third-order valence-electron chi connectivity index (χ3n) is 0.889. The lowest BCUT2D eigenvalue weighted by atomic mass is 10.6. The molecule has 1 rings (SSSR count). The normalized spacial score (nSPS) is 9.89. The second kappa shape index (κ2) is 3.13. The minimum absolute atomic E-state index is 0.908.